The molecule has 3 heterocycles. The summed E-state index contributed by atoms with van der Waals surface area (Å²) in [5.41, 5.74) is 0.869. The number of benzene rings is 1. The zero-order valence-corrected chi connectivity index (χ0v) is 16.7. The van der Waals surface area contributed by atoms with Gasteiger partial charge in [0.25, 0.3) is 0 Å². The van der Waals surface area contributed by atoms with Gasteiger partial charge in [0.1, 0.15) is 5.82 Å². The van der Waals surface area contributed by atoms with Gasteiger partial charge in [-0.25, -0.2) is 14.4 Å². The van der Waals surface area contributed by atoms with Crippen LogP contribution in [-0.2, 0) is 4.79 Å². The van der Waals surface area contributed by atoms with Crippen molar-refractivity contribution in [3.05, 3.63) is 76.5 Å². The SMILES string of the molecule is O=C(CN1CCN(c2ncccn2)CC1)N[C@H](c1ccc(F)cc1)c1cccs1. The van der Waals surface area contributed by atoms with Crippen molar-refractivity contribution in [2.45, 2.75) is 6.04 Å². The third kappa shape index (κ3) is 4.96. The van der Waals surface area contributed by atoms with E-state index < -0.39 is 0 Å². The average Bonchev–Trinajstić information content (AvgIpc) is 3.29. The smallest absolute Gasteiger partial charge is 0.234 e. The Hall–Kier alpha value is -2.84. The van der Waals surface area contributed by atoms with E-state index in [1.54, 1.807) is 41.9 Å². The Morgan fingerprint density at radius 1 is 1.07 bits per heavy atom. The second-order valence-corrected chi connectivity index (χ2v) is 7.86. The van der Waals surface area contributed by atoms with Gasteiger partial charge in [-0.2, -0.15) is 0 Å². The summed E-state index contributed by atoms with van der Waals surface area (Å²) >= 11 is 1.57. The van der Waals surface area contributed by atoms with Gasteiger partial charge in [0.05, 0.1) is 12.6 Å². The standard InChI is InChI=1S/C21H22FN5OS/c22-17-6-4-16(5-7-17)20(18-3-1-14-29-18)25-19(28)15-26-10-12-27(13-11-26)21-23-8-2-9-24-21/h1-9,14,20H,10-13,15H2,(H,25,28)/t20-/m1/s1. The summed E-state index contributed by atoms with van der Waals surface area (Å²) in [7, 11) is 0. The van der Waals surface area contributed by atoms with Crippen molar-refractivity contribution in [3.63, 3.8) is 0 Å². The highest BCUT2D eigenvalue weighted by molar-refractivity contribution is 7.10. The van der Waals surface area contributed by atoms with Crippen LogP contribution in [0.3, 0.4) is 0 Å². The molecule has 1 saturated heterocycles. The minimum Gasteiger partial charge on any atom is -0.343 e. The highest BCUT2D eigenvalue weighted by Gasteiger charge is 2.23. The summed E-state index contributed by atoms with van der Waals surface area (Å²) in [5, 5.41) is 5.09. The number of rotatable bonds is 6. The van der Waals surface area contributed by atoms with Crippen molar-refractivity contribution in [3.8, 4) is 0 Å². The molecule has 1 aromatic carbocycles. The van der Waals surface area contributed by atoms with Crippen LogP contribution in [0.15, 0.2) is 60.2 Å². The van der Waals surface area contributed by atoms with Gasteiger partial charge in [-0.3, -0.25) is 9.69 Å². The molecule has 1 aliphatic heterocycles. The Balaban J connectivity index is 1.36. The van der Waals surface area contributed by atoms with Crippen molar-refractivity contribution < 1.29 is 9.18 Å². The lowest BCUT2D eigenvalue weighted by Gasteiger charge is -2.34. The summed E-state index contributed by atoms with van der Waals surface area (Å²) in [6, 6.07) is 11.7. The van der Waals surface area contributed by atoms with Gasteiger partial charge < -0.3 is 10.2 Å². The number of anilines is 1. The van der Waals surface area contributed by atoms with Crippen molar-refractivity contribution in [1.29, 1.82) is 0 Å². The van der Waals surface area contributed by atoms with E-state index in [1.807, 2.05) is 17.5 Å². The maximum Gasteiger partial charge on any atom is 0.234 e. The van der Waals surface area contributed by atoms with E-state index in [2.05, 4.69) is 25.1 Å². The van der Waals surface area contributed by atoms with Crippen LogP contribution < -0.4 is 10.2 Å². The molecule has 0 unspecified atom stereocenters. The molecule has 2 aromatic heterocycles. The molecule has 1 fully saturated rings. The molecule has 0 saturated carbocycles. The zero-order valence-electron chi connectivity index (χ0n) is 15.9. The molecule has 4 rings (SSSR count). The number of piperazine rings is 1. The maximum absolute atomic E-state index is 13.3. The van der Waals surface area contributed by atoms with Crippen LogP contribution >= 0.6 is 11.3 Å². The third-order valence-electron chi connectivity index (χ3n) is 4.91. The second-order valence-electron chi connectivity index (χ2n) is 6.88. The van der Waals surface area contributed by atoms with Crippen LogP contribution in [0, 0.1) is 5.82 Å². The van der Waals surface area contributed by atoms with Gasteiger partial charge in [0.2, 0.25) is 11.9 Å². The van der Waals surface area contributed by atoms with Crippen LogP contribution in [0.4, 0.5) is 10.3 Å². The van der Waals surface area contributed by atoms with Crippen molar-refractivity contribution in [1.82, 2.24) is 20.2 Å². The normalized spacial score (nSPS) is 15.8. The summed E-state index contributed by atoms with van der Waals surface area (Å²) in [5.74, 6) is 0.396. The van der Waals surface area contributed by atoms with Crippen molar-refractivity contribution in [2.75, 3.05) is 37.6 Å². The van der Waals surface area contributed by atoms with Crippen molar-refractivity contribution in [2.24, 2.45) is 0 Å². The largest absolute Gasteiger partial charge is 0.343 e. The molecule has 1 amide bonds. The molecular weight excluding hydrogens is 389 g/mol. The minimum absolute atomic E-state index is 0.0443. The molecule has 8 heteroatoms. The fourth-order valence-corrected chi connectivity index (χ4v) is 4.20. The summed E-state index contributed by atoms with van der Waals surface area (Å²) in [4.78, 5) is 26.6. The molecule has 0 spiro atoms. The predicted octanol–water partition coefficient (Wildman–Crippen LogP) is 2.71. The monoisotopic (exact) mass is 411 g/mol. The Labute approximate surface area is 173 Å². The molecule has 29 heavy (non-hydrogen) atoms. The zero-order chi connectivity index (χ0) is 20.1. The van der Waals surface area contributed by atoms with Crippen LogP contribution in [0.25, 0.3) is 0 Å². The number of nitrogens with zero attached hydrogens (tertiary/aromatic N) is 4. The molecule has 1 aliphatic rings. The quantitative estimate of drug-likeness (QED) is 0.676. The molecule has 6 nitrogen and oxygen atoms in total. The van der Waals surface area contributed by atoms with Crippen LogP contribution in [-0.4, -0.2) is 53.5 Å². The van der Waals surface area contributed by atoms with Gasteiger partial charge in [-0.05, 0) is 35.2 Å². The van der Waals surface area contributed by atoms with Crippen LogP contribution in [0.5, 0.6) is 0 Å². The van der Waals surface area contributed by atoms with Gasteiger partial charge in [0.15, 0.2) is 0 Å². The Morgan fingerprint density at radius 3 is 2.45 bits per heavy atom. The summed E-state index contributed by atoms with van der Waals surface area (Å²) < 4.78 is 13.3. The number of nitrogens with one attached hydrogen (secondary N) is 1. The first kappa shape index (κ1) is 19.5. The summed E-state index contributed by atoms with van der Waals surface area (Å²) in [6.45, 7) is 3.43. The van der Waals surface area contributed by atoms with Gasteiger partial charge in [0, 0.05) is 43.4 Å². The molecule has 1 atom stereocenters. The fourth-order valence-electron chi connectivity index (χ4n) is 3.40. The number of carbonyl (C=O) groups is 1. The Kier molecular flexibility index (Phi) is 6.12. The lowest BCUT2D eigenvalue weighted by Crippen LogP contribution is -2.50. The second kappa shape index (κ2) is 9.11. The number of hydrogen-bond acceptors (Lipinski definition) is 6. The molecule has 0 radical (unpaired) electrons. The highest BCUT2D eigenvalue weighted by Crippen LogP contribution is 2.26. The van der Waals surface area contributed by atoms with Crippen LogP contribution in [0.1, 0.15) is 16.5 Å². The van der Waals surface area contributed by atoms with E-state index in [0.29, 0.717) is 6.54 Å². The molecule has 3 aromatic rings. The third-order valence-corrected chi connectivity index (χ3v) is 5.85. The number of thiophene rings is 1. The van der Waals surface area contributed by atoms with Crippen LogP contribution in [0.2, 0.25) is 0 Å². The topological polar surface area (TPSA) is 61.4 Å². The summed E-state index contributed by atoms with van der Waals surface area (Å²) in [6.07, 6.45) is 3.48. The van der Waals surface area contributed by atoms with Gasteiger partial charge in [-0.1, -0.05) is 18.2 Å². The number of halogens is 1. The first-order chi connectivity index (χ1) is 14.2. The predicted molar refractivity (Wildman–Crippen MR) is 111 cm³/mol. The lowest BCUT2D eigenvalue weighted by molar-refractivity contribution is -0.122. The molecule has 0 bridgehead atoms. The highest BCUT2D eigenvalue weighted by atomic mass is 32.1. The number of hydrogen-bond donors (Lipinski definition) is 1. The van der Waals surface area contributed by atoms with Crippen molar-refractivity contribution >= 4 is 23.2 Å². The van der Waals surface area contributed by atoms with E-state index >= 15 is 0 Å². The minimum atomic E-state index is -0.287. The molecule has 1 N–H and O–H groups in total. The Morgan fingerprint density at radius 2 is 1.79 bits per heavy atom. The lowest BCUT2D eigenvalue weighted by atomic mass is 10.1. The molecular formula is C21H22FN5OS. The van der Waals surface area contributed by atoms with E-state index in [-0.39, 0.29) is 17.8 Å². The molecule has 0 aliphatic carbocycles. The van der Waals surface area contributed by atoms with E-state index in [4.69, 9.17) is 0 Å². The first-order valence-corrected chi connectivity index (χ1v) is 10.4. The van der Waals surface area contributed by atoms with Gasteiger partial charge >= 0.3 is 0 Å². The number of aromatic nitrogens is 2. The maximum atomic E-state index is 13.3. The Bertz CT molecular complexity index is 912. The van der Waals surface area contributed by atoms with E-state index in [0.717, 1.165) is 42.6 Å². The average molecular weight is 412 g/mol. The first-order valence-electron chi connectivity index (χ1n) is 9.51. The fraction of sp³-hybridized carbons (Fsp3) is 0.286. The van der Waals surface area contributed by atoms with E-state index in [1.165, 1.54) is 12.1 Å². The van der Waals surface area contributed by atoms with E-state index in [9.17, 15) is 9.18 Å². The molecule has 150 valence electrons. The van der Waals surface area contributed by atoms with Gasteiger partial charge in [-0.15, -0.1) is 11.3 Å². The number of carbonyl (C=O) groups excluding carboxylic acids is 1. The number of amides is 1.